The van der Waals surface area contributed by atoms with Crippen LogP contribution < -0.4 is 5.32 Å². The number of benzene rings is 1. The molecule has 0 radical (unpaired) electrons. The van der Waals surface area contributed by atoms with Crippen molar-refractivity contribution in [3.63, 3.8) is 0 Å². The Morgan fingerprint density at radius 2 is 2.15 bits per heavy atom. The van der Waals surface area contributed by atoms with E-state index in [1.807, 2.05) is 6.92 Å². The summed E-state index contributed by atoms with van der Waals surface area (Å²) in [6, 6.07) is 4.21. The van der Waals surface area contributed by atoms with E-state index in [2.05, 4.69) is 21.2 Å². The largest absolute Gasteiger partial charge is 0.478 e. The fraction of sp³-hybridized carbons (Fsp3) is 0.385. The first kappa shape index (κ1) is 16.5. The number of nitrogens with one attached hydrogen (secondary N) is 1. The van der Waals surface area contributed by atoms with Crippen LogP contribution in [0, 0.1) is 0 Å². The minimum Gasteiger partial charge on any atom is -0.478 e. The highest BCUT2D eigenvalue weighted by molar-refractivity contribution is 9.10. The van der Waals surface area contributed by atoms with Gasteiger partial charge in [0.2, 0.25) is 0 Å². The maximum absolute atomic E-state index is 11.9. The van der Waals surface area contributed by atoms with Crippen molar-refractivity contribution in [3.05, 3.63) is 28.2 Å². The normalized spacial score (nSPS) is 10.2. The molecule has 1 rings (SSSR count). The van der Waals surface area contributed by atoms with Crippen LogP contribution in [-0.2, 0) is 4.74 Å². The predicted octanol–water partition coefficient (Wildman–Crippen LogP) is 2.65. The zero-order valence-electron chi connectivity index (χ0n) is 11.4. The number of anilines is 1. The Bertz CT molecular complexity index is 493. The molecular formula is C13H17BrN2O4. The molecule has 2 N–H and O–H groups in total. The Labute approximate surface area is 125 Å². The number of halogens is 1. The van der Waals surface area contributed by atoms with Gasteiger partial charge >= 0.3 is 12.0 Å². The number of carboxylic acids is 1. The molecule has 7 heteroatoms. The molecule has 0 aromatic heterocycles. The van der Waals surface area contributed by atoms with E-state index in [4.69, 9.17) is 9.84 Å². The molecule has 0 aliphatic rings. The smallest absolute Gasteiger partial charge is 0.337 e. The van der Waals surface area contributed by atoms with Crippen LogP contribution in [0.3, 0.4) is 0 Å². The van der Waals surface area contributed by atoms with E-state index in [-0.39, 0.29) is 17.3 Å². The van der Waals surface area contributed by atoms with Gasteiger partial charge in [-0.15, -0.1) is 0 Å². The van der Waals surface area contributed by atoms with Gasteiger partial charge in [-0.25, -0.2) is 9.59 Å². The summed E-state index contributed by atoms with van der Waals surface area (Å²) in [5.41, 5.74) is 0.292. The minimum absolute atomic E-state index is 0.0414. The minimum atomic E-state index is -1.09. The van der Waals surface area contributed by atoms with E-state index in [9.17, 15) is 9.59 Å². The molecule has 1 aromatic carbocycles. The predicted molar refractivity (Wildman–Crippen MR) is 79.2 cm³/mol. The number of aromatic carboxylic acids is 1. The number of hydrogen-bond acceptors (Lipinski definition) is 3. The highest BCUT2D eigenvalue weighted by atomic mass is 79.9. The third-order valence-corrected chi connectivity index (χ3v) is 3.07. The summed E-state index contributed by atoms with van der Waals surface area (Å²) >= 11 is 3.25. The van der Waals surface area contributed by atoms with Crippen LogP contribution in [0.5, 0.6) is 0 Å². The number of ether oxygens (including phenoxy) is 1. The average Bonchev–Trinajstić information content (AvgIpc) is 2.38. The van der Waals surface area contributed by atoms with Crippen LogP contribution in [0.4, 0.5) is 10.5 Å². The fourth-order valence-corrected chi connectivity index (χ4v) is 1.83. The fourth-order valence-electron chi connectivity index (χ4n) is 1.46. The van der Waals surface area contributed by atoms with Gasteiger partial charge in [-0.2, -0.15) is 0 Å². The Hall–Kier alpha value is -1.60. The number of carboxylic acid groups (broad SMARTS) is 1. The van der Waals surface area contributed by atoms with Crippen LogP contribution >= 0.6 is 15.9 Å². The zero-order chi connectivity index (χ0) is 15.1. The molecule has 0 atom stereocenters. The molecule has 0 bridgehead atoms. The van der Waals surface area contributed by atoms with E-state index in [0.29, 0.717) is 24.2 Å². The highest BCUT2D eigenvalue weighted by Gasteiger charge is 2.15. The van der Waals surface area contributed by atoms with Gasteiger partial charge in [-0.05, 0) is 25.1 Å². The molecular weight excluding hydrogens is 328 g/mol. The number of amides is 2. The number of likely N-dealkylation sites (N-methyl/N-ethyl adjacent to an activating group) is 1. The number of carbonyl (C=O) groups is 2. The molecule has 1 aromatic rings. The van der Waals surface area contributed by atoms with E-state index < -0.39 is 5.97 Å². The lowest BCUT2D eigenvalue weighted by molar-refractivity contribution is 0.0698. The summed E-state index contributed by atoms with van der Waals surface area (Å²) < 4.78 is 5.85. The SMILES string of the molecule is CCOCCN(C)C(=O)Nc1cc(Br)ccc1C(=O)O. The van der Waals surface area contributed by atoms with Crippen molar-refractivity contribution in [2.75, 3.05) is 32.1 Å². The first-order valence-electron chi connectivity index (χ1n) is 6.08. The molecule has 0 saturated heterocycles. The van der Waals surface area contributed by atoms with Gasteiger partial charge in [0.15, 0.2) is 0 Å². The second-order valence-electron chi connectivity index (χ2n) is 4.04. The van der Waals surface area contributed by atoms with E-state index >= 15 is 0 Å². The van der Waals surface area contributed by atoms with E-state index in [0.717, 1.165) is 0 Å². The lowest BCUT2D eigenvalue weighted by Gasteiger charge is -2.18. The molecule has 110 valence electrons. The number of carbonyl (C=O) groups excluding carboxylic acids is 1. The number of hydrogen-bond donors (Lipinski definition) is 2. The monoisotopic (exact) mass is 344 g/mol. The quantitative estimate of drug-likeness (QED) is 0.777. The van der Waals surface area contributed by atoms with Crippen molar-refractivity contribution in [1.82, 2.24) is 4.90 Å². The standard InChI is InChI=1S/C13H17BrN2O4/c1-3-20-7-6-16(2)13(19)15-11-8-9(14)4-5-10(11)12(17)18/h4-5,8H,3,6-7H2,1-2H3,(H,15,19)(H,17,18). The summed E-state index contributed by atoms with van der Waals surface area (Å²) in [6.07, 6.45) is 0. The summed E-state index contributed by atoms with van der Waals surface area (Å²) in [5, 5.41) is 11.7. The second kappa shape index (κ2) is 7.86. The van der Waals surface area contributed by atoms with Gasteiger partial charge in [-0.1, -0.05) is 15.9 Å². The maximum Gasteiger partial charge on any atom is 0.337 e. The van der Waals surface area contributed by atoms with Gasteiger partial charge in [-0.3, -0.25) is 0 Å². The summed E-state index contributed by atoms with van der Waals surface area (Å²) in [5.74, 6) is -1.09. The zero-order valence-corrected chi connectivity index (χ0v) is 12.9. The van der Waals surface area contributed by atoms with Crippen LogP contribution in [0.25, 0.3) is 0 Å². The summed E-state index contributed by atoms with van der Waals surface area (Å²) in [7, 11) is 1.62. The number of nitrogens with zero attached hydrogens (tertiary/aromatic N) is 1. The van der Waals surface area contributed by atoms with Gasteiger partial charge in [0.25, 0.3) is 0 Å². The lowest BCUT2D eigenvalue weighted by atomic mass is 10.2. The average molecular weight is 345 g/mol. The maximum atomic E-state index is 11.9. The van der Waals surface area contributed by atoms with Gasteiger partial charge in [0.1, 0.15) is 0 Å². The second-order valence-corrected chi connectivity index (χ2v) is 4.96. The van der Waals surface area contributed by atoms with Crippen molar-refractivity contribution >= 4 is 33.6 Å². The summed E-state index contributed by atoms with van der Waals surface area (Å²) in [6.45, 7) is 3.33. The van der Waals surface area contributed by atoms with Crippen LogP contribution in [-0.4, -0.2) is 48.8 Å². The molecule has 0 aliphatic carbocycles. The molecule has 6 nitrogen and oxygen atoms in total. The van der Waals surface area contributed by atoms with Gasteiger partial charge in [0, 0.05) is 24.7 Å². The van der Waals surface area contributed by atoms with Crippen LogP contribution in [0.1, 0.15) is 17.3 Å². The summed E-state index contributed by atoms with van der Waals surface area (Å²) in [4.78, 5) is 24.5. The lowest BCUT2D eigenvalue weighted by Crippen LogP contribution is -2.34. The van der Waals surface area contributed by atoms with E-state index in [1.54, 1.807) is 19.2 Å². The molecule has 0 aliphatic heterocycles. The highest BCUT2D eigenvalue weighted by Crippen LogP contribution is 2.21. The van der Waals surface area contributed by atoms with Crippen molar-refractivity contribution in [2.24, 2.45) is 0 Å². The third kappa shape index (κ3) is 4.82. The third-order valence-electron chi connectivity index (χ3n) is 2.58. The first-order valence-corrected chi connectivity index (χ1v) is 6.87. The van der Waals surface area contributed by atoms with Crippen molar-refractivity contribution < 1.29 is 19.4 Å². The molecule has 0 heterocycles. The number of rotatable bonds is 6. The Kier molecular flexibility index (Phi) is 6.47. The van der Waals surface area contributed by atoms with Crippen LogP contribution in [0.15, 0.2) is 22.7 Å². The van der Waals surface area contributed by atoms with E-state index in [1.165, 1.54) is 11.0 Å². The van der Waals surface area contributed by atoms with Crippen LogP contribution in [0.2, 0.25) is 0 Å². The van der Waals surface area contributed by atoms with Crippen molar-refractivity contribution in [2.45, 2.75) is 6.92 Å². The first-order chi connectivity index (χ1) is 9.45. The molecule has 0 saturated carbocycles. The molecule has 0 spiro atoms. The van der Waals surface area contributed by atoms with Gasteiger partial charge in [0.05, 0.1) is 17.9 Å². The Balaban J connectivity index is 2.74. The molecule has 20 heavy (non-hydrogen) atoms. The van der Waals surface area contributed by atoms with Crippen molar-refractivity contribution in [3.8, 4) is 0 Å². The Morgan fingerprint density at radius 3 is 2.75 bits per heavy atom. The topological polar surface area (TPSA) is 78.9 Å². The van der Waals surface area contributed by atoms with Crippen molar-refractivity contribution in [1.29, 1.82) is 0 Å². The van der Waals surface area contributed by atoms with Gasteiger partial charge < -0.3 is 20.1 Å². The number of urea groups is 1. The molecule has 0 unspecified atom stereocenters. The Morgan fingerprint density at radius 1 is 1.45 bits per heavy atom. The molecule has 2 amide bonds. The molecule has 0 fully saturated rings.